The van der Waals surface area contributed by atoms with Crippen LogP contribution < -0.4 is 10.6 Å². The van der Waals surface area contributed by atoms with Crippen molar-refractivity contribution in [2.24, 2.45) is 0 Å². The Morgan fingerprint density at radius 2 is 1.79 bits per heavy atom. The monoisotopic (exact) mass is 623 g/mol. The number of anilines is 2. The molecule has 0 aliphatic carbocycles. The summed E-state index contributed by atoms with van der Waals surface area (Å²) in [5.41, 5.74) is 2.08. The van der Waals surface area contributed by atoms with E-state index in [1.54, 1.807) is 24.8 Å². The van der Waals surface area contributed by atoms with E-state index in [1.165, 1.54) is 23.1 Å². The van der Waals surface area contributed by atoms with Crippen molar-refractivity contribution in [3.05, 3.63) is 76.2 Å². The fourth-order valence-electron chi connectivity index (χ4n) is 4.50. The number of thiophene rings is 1. The minimum absolute atomic E-state index is 0.127. The van der Waals surface area contributed by atoms with Crippen LogP contribution in [0.25, 0.3) is 0 Å². The number of carbonyl (C=O) groups is 4. The topological polar surface area (TPSA) is 114 Å². The number of amides is 3. The summed E-state index contributed by atoms with van der Waals surface area (Å²) in [6.45, 7) is 9.83. The summed E-state index contributed by atoms with van der Waals surface area (Å²) >= 11 is 2.62. The minimum atomic E-state index is -0.622. The van der Waals surface area contributed by atoms with Crippen LogP contribution in [0.4, 0.5) is 15.5 Å². The molecule has 228 valence electrons. The van der Waals surface area contributed by atoms with E-state index in [4.69, 9.17) is 9.47 Å². The number of nitrogens with zero attached hydrogens (tertiary/aromatic N) is 1. The molecule has 9 nitrogen and oxygen atoms in total. The molecular formula is C32H37N3O6S2. The molecule has 0 radical (unpaired) electrons. The molecule has 1 unspecified atom stereocenters. The van der Waals surface area contributed by atoms with E-state index < -0.39 is 22.9 Å². The number of fused-ring (bicyclic) bond motifs is 1. The van der Waals surface area contributed by atoms with Crippen molar-refractivity contribution in [1.29, 1.82) is 0 Å². The van der Waals surface area contributed by atoms with Gasteiger partial charge in [0, 0.05) is 22.0 Å². The molecule has 1 aliphatic heterocycles. The van der Waals surface area contributed by atoms with E-state index in [-0.39, 0.29) is 31.4 Å². The minimum Gasteiger partial charge on any atom is -0.462 e. The van der Waals surface area contributed by atoms with Crippen LogP contribution in [0, 0.1) is 0 Å². The molecule has 0 fully saturated rings. The molecular weight excluding hydrogens is 587 g/mol. The van der Waals surface area contributed by atoms with Gasteiger partial charge in [-0.2, -0.15) is 0 Å². The number of esters is 1. The quantitative estimate of drug-likeness (QED) is 0.206. The summed E-state index contributed by atoms with van der Waals surface area (Å²) in [6, 6.07) is 16.8. The second kappa shape index (κ2) is 14.1. The van der Waals surface area contributed by atoms with Gasteiger partial charge in [-0.3, -0.25) is 9.59 Å². The van der Waals surface area contributed by atoms with Gasteiger partial charge in [0.2, 0.25) is 11.8 Å². The van der Waals surface area contributed by atoms with E-state index in [9.17, 15) is 19.2 Å². The Kier molecular flexibility index (Phi) is 10.5. The number of nitrogens with one attached hydrogen (secondary N) is 2. The highest BCUT2D eigenvalue weighted by Crippen LogP contribution is 2.38. The maximum Gasteiger partial charge on any atom is 0.410 e. The first-order chi connectivity index (χ1) is 20.4. The third-order valence-electron chi connectivity index (χ3n) is 6.43. The Labute approximate surface area is 260 Å². The van der Waals surface area contributed by atoms with Gasteiger partial charge in [0.15, 0.2) is 0 Å². The molecule has 0 bridgehead atoms. The van der Waals surface area contributed by atoms with Gasteiger partial charge in [0.25, 0.3) is 0 Å². The summed E-state index contributed by atoms with van der Waals surface area (Å²) in [7, 11) is 0. The summed E-state index contributed by atoms with van der Waals surface area (Å²) in [5.74, 6) is -0.908. The molecule has 0 saturated carbocycles. The molecule has 1 aliphatic rings. The van der Waals surface area contributed by atoms with Gasteiger partial charge in [-0.25, -0.2) is 9.59 Å². The van der Waals surface area contributed by atoms with Crippen molar-refractivity contribution in [2.45, 2.75) is 69.8 Å². The number of hydrogen-bond acceptors (Lipinski definition) is 8. The van der Waals surface area contributed by atoms with Crippen LogP contribution in [0.5, 0.6) is 0 Å². The fraction of sp³-hybridized carbons (Fsp3) is 0.375. The van der Waals surface area contributed by atoms with Crippen LogP contribution in [0.1, 0.15) is 61.0 Å². The first-order valence-electron chi connectivity index (χ1n) is 14.1. The zero-order valence-electron chi connectivity index (χ0n) is 25.0. The van der Waals surface area contributed by atoms with Gasteiger partial charge in [-0.15, -0.1) is 23.1 Å². The largest absolute Gasteiger partial charge is 0.462 e. The average Bonchev–Trinajstić information content (AvgIpc) is 3.30. The van der Waals surface area contributed by atoms with Crippen LogP contribution in [-0.2, 0) is 38.4 Å². The number of rotatable bonds is 9. The normalized spacial score (nSPS) is 13.5. The van der Waals surface area contributed by atoms with Gasteiger partial charge in [-0.05, 0) is 70.4 Å². The van der Waals surface area contributed by atoms with E-state index in [2.05, 4.69) is 10.6 Å². The van der Waals surface area contributed by atoms with Crippen LogP contribution in [-0.4, -0.2) is 52.8 Å². The lowest BCUT2D eigenvalue weighted by Gasteiger charge is -2.30. The Bertz CT molecular complexity index is 1480. The molecule has 1 aromatic heterocycles. The smallest absolute Gasteiger partial charge is 0.410 e. The Hall–Kier alpha value is -3.83. The molecule has 1 atom stereocenters. The number of carbonyl (C=O) groups excluding carboxylic acids is 4. The molecule has 4 rings (SSSR count). The summed E-state index contributed by atoms with van der Waals surface area (Å²) in [4.78, 5) is 54.7. The van der Waals surface area contributed by atoms with Gasteiger partial charge < -0.3 is 25.0 Å². The van der Waals surface area contributed by atoms with Gasteiger partial charge in [0.05, 0.1) is 30.4 Å². The standard InChI is InChI=1S/C32H37N3O6S2/c1-6-40-30(38)27-24-15-16-35(31(39)41-32(3,4)5)19-25(24)43-29(27)34-28(37)20(2)42-23-14-10-13-22(18-23)33-26(36)17-21-11-8-7-9-12-21/h7-14,18,20H,6,15-17,19H2,1-5H3,(H,33,36)(H,34,37). The van der Waals surface area contributed by atoms with Crippen LogP contribution >= 0.6 is 23.1 Å². The van der Waals surface area contributed by atoms with Crippen LogP contribution in [0.15, 0.2) is 59.5 Å². The highest BCUT2D eigenvalue weighted by Gasteiger charge is 2.33. The van der Waals surface area contributed by atoms with Crippen molar-refractivity contribution < 1.29 is 28.7 Å². The number of thioether (sulfide) groups is 1. The summed E-state index contributed by atoms with van der Waals surface area (Å²) in [6.07, 6.45) is 0.292. The van der Waals surface area contributed by atoms with Gasteiger partial charge >= 0.3 is 12.1 Å². The van der Waals surface area contributed by atoms with Crippen molar-refractivity contribution in [3.8, 4) is 0 Å². The lowest BCUT2D eigenvalue weighted by Crippen LogP contribution is -2.39. The molecule has 11 heteroatoms. The third-order valence-corrected chi connectivity index (χ3v) is 8.66. The van der Waals surface area contributed by atoms with Crippen molar-refractivity contribution in [3.63, 3.8) is 0 Å². The van der Waals surface area contributed by atoms with E-state index in [0.717, 1.165) is 20.9 Å². The highest BCUT2D eigenvalue weighted by atomic mass is 32.2. The van der Waals surface area contributed by atoms with E-state index >= 15 is 0 Å². The van der Waals surface area contributed by atoms with E-state index in [0.29, 0.717) is 29.2 Å². The Morgan fingerprint density at radius 1 is 1.05 bits per heavy atom. The highest BCUT2D eigenvalue weighted by molar-refractivity contribution is 8.00. The van der Waals surface area contributed by atoms with Crippen molar-refractivity contribution >= 4 is 57.7 Å². The number of ether oxygens (including phenoxy) is 2. The molecule has 0 spiro atoms. The number of hydrogen-bond donors (Lipinski definition) is 2. The summed E-state index contributed by atoms with van der Waals surface area (Å²) in [5, 5.41) is 5.75. The second-order valence-corrected chi connectivity index (χ2v) is 13.6. The first-order valence-corrected chi connectivity index (χ1v) is 15.8. The Balaban J connectivity index is 1.44. The maximum absolute atomic E-state index is 13.3. The Morgan fingerprint density at radius 3 is 2.49 bits per heavy atom. The van der Waals surface area contributed by atoms with Gasteiger partial charge in [0.1, 0.15) is 10.6 Å². The molecule has 2 heterocycles. The molecule has 43 heavy (non-hydrogen) atoms. The van der Waals surface area contributed by atoms with Gasteiger partial charge in [-0.1, -0.05) is 36.4 Å². The lowest BCUT2D eigenvalue weighted by molar-refractivity contribution is -0.116. The maximum atomic E-state index is 13.3. The van der Waals surface area contributed by atoms with Crippen molar-refractivity contribution in [2.75, 3.05) is 23.8 Å². The van der Waals surface area contributed by atoms with Crippen LogP contribution in [0.3, 0.4) is 0 Å². The SMILES string of the molecule is CCOC(=O)c1c(NC(=O)C(C)Sc2cccc(NC(=O)Cc3ccccc3)c2)sc2c1CCN(C(=O)OC(C)(C)C)C2. The molecule has 0 saturated heterocycles. The number of benzene rings is 2. The predicted molar refractivity (Wildman–Crippen MR) is 170 cm³/mol. The molecule has 3 aromatic rings. The average molecular weight is 624 g/mol. The molecule has 2 aromatic carbocycles. The second-order valence-electron chi connectivity index (χ2n) is 11.1. The predicted octanol–water partition coefficient (Wildman–Crippen LogP) is 6.52. The van der Waals surface area contributed by atoms with Crippen molar-refractivity contribution in [1.82, 2.24) is 4.90 Å². The first kappa shape index (κ1) is 32.1. The van der Waals surface area contributed by atoms with Crippen LogP contribution in [0.2, 0.25) is 0 Å². The molecule has 3 amide bonds. The zero-order valence-corrected chi connectivity index (χ0v) is 26.7. The van der Waals surface area contributed by atoms with E-state index in [1.807, 2.05) is 69.3 Å². The lowest BCUT2D eigenvalue weighted by atomic mass is 10.0. The summed E-state index contributed by atoms with van der Waals surface area (Å²) < 4.78 is 10.9. The molecule has 2 N–H and O–H groups in total. The third kappa shape index (κ3) is 8.84. The zero-order chi connectivity index (χ0) is 31.1. The fourth-order valence-corrected chi connectivity index (χ4v) is 6.68.